The molecule has 1 fully saturated rings. The van der Waals surface area contributed by atoms with Gasteiger partial charge in [-0.1, -0.05) is 45.3 Å². The van der Waals surface area contributed by atoms with Crippen LogP contribution < -0.4 is 17.0 Å². The van der Waals surface area contributed by atoms with Crippen molar-refractivity contribution >= 4 is 31.1 Å². The molecule has 0 nitrogen and oxygen atoms in total. The Morgan fingerprint density at radius 2 is 1.50 bits per heavy atom. The Hall–Kier alpha value is 1.20. The van der Waals surface area contributed by atoms with E-state index in [-0.39, 0.29) is 40.0 Å². The van der Waals surface area contributed by atoms with Gasteiger partial charge in [-0.05, 0) is 0 Å². The maximum atomic E-state index is 3.67. The third-order valence-corrected chi connectivity index (χ3v) is 2.86. The maximum absolute atomic E-state index is 3.67. The molecule has 0 aromatic carbocycles. The molecule has 0 aromatic rings. The van der Waals surface area contributed by atoms with Crippen molar-refractivity contribution in [2.24, 2.45) is 0 Å². The zero-order chi connectivity index (χ0) is 7.61. The molecule has 3 heteroatoms. The Kier molecular flexibility index (Phi) is 8.65. The molecule has 0 heterocycles. The molecule has 1 rings (SSSR count). The zero-order valence-electron chi connectivity index (χ0n) is 8.41. The van der Waals surface area contributed by atoms with Gasteiger partial charge in [0.15, 0.2) is 0 Å². The van der Waals surface area contributed by atoms with Crippen molar-refractivity contribution in [2.45, 2.75) is 45.3 Å². The van der Waals surface area contributed by atoms with Crippen LogP contribution in [0.3, 0.4) is 0 Å². The van der Waals surface area contributed by atoms with Gasteiger partial charge in [0.1, 0.15) is 0 Å². The summed E-state index contributed by atoms with van der Waals surface area (Å²) in [5, 5.41) is 0. The minimum Gasteiger partial charge on any atom is -1.00 e. The van der Waals surface area contributed by atoms with Gasteiger partial charge in [-0.3, -0.25) is 5.57 Å². The molecule has 0 bridgehead atoms. The Labute approximate surface area is 104 Å². The number of hydrogen-bond donors (Lipinski definition) is 0. The first-order valence-corrected chi connectivity index (χ1v) is 7.71. The first-order chi connectivity index (χ1) is 4.58. The molecule has 66 valence electrons. The number of allylic oxidation sites excluding steroid dienone is 1. The van der Waals surface area contributed by atoms with Crippen molar-refractivity contribution in [1.29, 1.82) is 0 Å². The van der Waals surface area contributed by atoms with Crippen LogP contribution in [0.4, 0.5) is 0 Å². The molecule has 0 atom stereocenters. The molecule has 0 radical (unpaired) electrons. The Balaban J connectivity index is 0. The van der Waals surface area contributed by atoms with E-state index in [1.54, 1.807) is 5.57 Å². The molecule has 0 amide bonds. The Bertz CT molecular complexity index is 141. The normalized spacial score (nSPS) is 16.4. The van der Waals surface area contributed by atoms with Crippen molar-refractivity contribution in [3.8, 4) is 0 Å². The average Bonchev–Trinajstić information content (AvgIpc) is 2.12. The van der Waals surface area contributed by atoms with Crippen LogP contribution in [0.5, 0.6) is 0 Å². The first kappa shape index (κ1) is 15.7. The standard InChI is InChI=1S/C9H17Si.BrH.Mg/c1-10(2,3)8-9-6-4-5-7-9;;/h4-7H2,1-3H3;1H;/q-1;;+2/p-1. The second-order valence-corrected chi connectivity index (χ2v) is 8.94. The molecular formula is C9H17BrMgSi. The van der Waals surface area contributed by atoms with Crippen molar-refractivity contribution in [1.82, 2.24) is 0 Å². The van der Waals surface area contributed by atoms with Gasteiger partial charge in [0, 0.05) is 0 Å². The van der Waals surface area contributed by atoms with Crippen LogP contribution in [-0.4, -0.2) is 31.1 Å². The van der Waals surface area contributed by atoms with E-state index in [1.165, 1.54) is 25.7 Å². The van der Waals surface area contributed by atoms with Crippen LogP contribution in [0.2, 0.25) is 19.6 Å². The molecule has 0 spiro atoms. The fourth-order valence-corrected chi connectivity index (χ4v) is 2.77. The van der Waals surface area contributed by atoms with Gasteiger partial charge < -0.3 is 22.7 Å². The van der Waals surface area contributed by atoms with Crippen LogP contribution in [0, 0.1) is 5.70 Å². The summed E-state index contributed by atoms with van der Waals surface area (Å²) in [6.45, 7) is 7.08. The summed E-state index contributed by atoms with van der Waals surface area (Å²) in [5.41, 5.74) is 5.30. The summed E-state index contributed by atoms with van der Waals surface area (Å²) in [6.07, 6.45) is 5.49. The van der Waals surface area contributed by atoms with E-state index in [9.17, 15) is 0 Å². The molecule has 0 N–H and O–H groups in total. The zero-order valence-corrected chi connectivity index (χ0v) is 12.4. The van der Waals surface area contributed by atoms with E-state index < -0.39 is 8.07 Å². The van der Waals surface area contributed by atoms with E-state index in [2.05, 4.69) is 25.3 Å². The van der Waals surface area contributed by atoms with E-state index in [4.69, 9.17) is 0 Å². The molecule has 1 aliphatic carbocycles. The van der Waals surface area contributed by atoms with Crippen molar-refractivity contribution in [2.75, 3.05) is 0 Å². The van der Waals surface area contributed by atoms with Gasteiger partial charge in [0.2, 0.25) is 0 Å². The number of halogens is 1. The summed E-state index contributed by atoms with van der Waals surface area (Å²) in [6, 6.07) is 0. The van der Waals surface area contributed by atoms with Crippen LogP contribution >= 0.6 is 0 Å². The quantitative estimate of drug-likeness (QED) is 0.450. The van der Waals surface area contributed by atoms with Crippen LogP contribution in [0.1, 0.15) is 25.7 Å². The molecule has 12 heavy (non-hydrogen) atoms. The van der Waals surface area contributed by atoms with E-state index in [1.807, 2.05) is 0 Å². The van der Waals surface area contributed by atoms with Gasteiger partial charge in [-0.15, -0.1) is 8.07 Å². The first-order valence-electron chi connectivity index (χ1n) is 4.21. The number of rotatable bonds is 1. The molecule has 0 aliphatic heterocycles. The second-order valence-electron chi connectivity index (χ2n) is 4.19. The van der Waals surface area contributed by atoms with Crippen LogP contribution in [0.25, 0.3) is 0 Å². The summed E-state index contributed by atoms with van der Waals surface area (Å²) in [5.74, 6) is 0. The maximum Gasteiger partial charge on any atom is 2.00 e. The van der Waals surface area contributed by atoms with Crippen molar-refractivity contribution < 1.29 is 17.0 Å². The van der Waals surface area contributed by atoms with Gasteiger partial charge in [0.25, 0.3) is 0 Å². The summed E-state index contributed by atoms with van der Waals surface area (Å²) < 4.78 is 0. The fourth-order valence-electron chi connectivity index (χ4n) is 1.46. The van der Waals surface area contributed by atoms with Gasteiger partial charge in [0.05, 0.1) is 0 Å². The predicted octanol–water partition coefficient (Wildman–Crippen LogP) is -0.209. The average molecular weight is 258 g/mol. The largest absolute Gasteiger partial charge is 2.00 e. The summed E-state index contributed by atoms with van der Waals surface area (Å²) >= 11 is 0. The van der Waals surface area contributed by atoms with Gasteiger partial charge in [-0.25, -0.2) is 0 Å². The molecule has 1 aliphatic rings. The SMILES string of the molecule is C[Si](C)(C)[C-]=C1CCCC1.[Br-].[Mg+2]. The second kappa shape index (κ2) is 6.63. The van der Waals surface area contributed by atoms with Gasteiger partial charge >= 0.3 is 23.1 Å². The van der Waals surface area contributed by atoms with Crippen molar-refractivity contribution in [3.05, 3.63) is 11.3 Å². The van der Waals surface area contributed by atoms with E-state index in [0.29, 0.717) is 0 Å². The van der Waals surface area contributed by atoms with E-state index >= 15 is 0 Å². The van der Waals surface area contributed by atoms with Crippen LogP contribution in [-0.2, 0) is 0 Å². The molecule has 0 aromatic heterocycles. The van der Waals surface area contributed by atoms with Crippen LogP contribution in [0.15, 0.2) is 5.57 Å². The number of hydrogen-bond acceptors (Lipinski definition) is 0. The van der Waals surface area contributed by atoms with Crippen molar-refractivity contribution in [3.63, 3.8) is 0 Å². The summed E-state index contributed by atoms with van der Waals surface area (Å²) in [4.78, 5) is 0. The fraction of sp³-hybridized carbons (Fsp3) is 0.778. The predicted molar refractivity (Wildman–Crippen MR) is 54.3 cm³/mol. The molecule has 1 saturated carbocycles. The smallest absolute Gasteiger partial charge is 1.00 e. The molecule has 0 unspecified atom stereocenters. The minimum atomic E-state index is -1.01. The Morgan fingerprint density at radius 1 is 1.08 bits per heavy atom. The molecule has 0 saturated heterocycles. The minimum absolute atomic E-state index is 0. The van der Waals surface area contributed by atoms with E-state index in [0.717, 1.165) is 0 Å². The summed E-state index contributed by atoms with van der Waals surface area (Å²) in [7, 11) is -1.01. The van der Waals surface area contributed by atoms with Gasteiger partial charge in [-0.2, -0.15) is 0 Å². The molecular weight excluding hydrogens is 240 g/mol. The topological polar surface area (TPSA) is 0 Å². The Morgan fingerprint density at radius 3 is 1.83 bits per heavy atom. The third-order valence-electron chi connectivity index (χ3n) is 1.76. The monoisotopic (exact) mass is 256 g/mol. The third kappa shape index (κ3) is 6.69.